The SMILES string of the molecule is CN1CCN(c2ccc(-c3cc4c(s3)Cc3c(-c5ccc6cnn(C)c6c5)n[nH]c3-4)cn2)CC1. The maximum Gasteiger partial charge on any atom is 0.128 e. The molecule has 2 aliphatic rings. The van der Waals surface area contributed by atoms with Crippen LogP contribution in [0.15, 0.2) is 48.8 Å². The van der Waals surface area contributed by atoms with E-state index in [0.29, 0.717) is 0 Å². The largest absolute Gasteiger partial charge is 0.354 e. The van der Waals surface area contributed by atoms with Crippen LogP contribution in [0.3, 0.4) is 0 Å². The molecule has 0 unspecified atom stereocenters. The van der Waals surface area contributed by atoms with E-state index in [1.807, 2.05) is 35.5 Å². The Morgan fingerprint density at radius 2 is 1.79 bits per heavy atom. The summed E-state index contributed by atoms with van der Waals surface area (Å²) in [6.45, 7) is 4.25. The molecule has 1 saturated heterocycles. The Kier molecular flexibility index (Phi) is 4.40. The average molecular weight is 468 g/mol. The van der Waals surface area contributed by atoms with Crippen LogP contribution >= 0.6 is 11.3 Å². The molecule has 34 heavy (non-hydrogen) atoms. The van der Waals surface area contributed by atoms with Crippen molar-refractivity contribution in [2.75, 3.05) is 38.1 Å². The second kappa shape index (κ2) is 7.51. The number of fused-ring (bicyclic) bond motifs is 4. The van der Waals surface area contributed by atoms with Gasteiger partial charge in [-0.3, -0.25) is 9.78 Å². The van der Waals surface area contributed by atoms with E-state index < -0.39 is 0 Å². The van der Waals surface area contributed by atoms with E-state index in [1.54, 1.807) is 0 Å². The molecule has 1 N–H and O–H groups in total. The third-order valence-electron chi connectivity index (χ3n) is 7.16. The molecule has 8 heteroatoms. The molecule has 1 fully saturated rings. The van der Waals surface area contributed by atoms with Crippen LogP contribution in [0.5, 0.6) is 0 Å². The van der Waals surface area contributed by atoms with Crippen LogP contribution in [0, 0.1) is 0 Å². The van der Waals surface area contributed by atoms with E-state index in [2.05, 4.69) is 63.4 Å². The number of anilines is 1. The van der Waals surface area contributed by atoms with Crippen LogP contribution in [-0.2, 0) is 13.5 Å². The number of piperazine rings is 1. The molecule has 4 aromatic heterocycles. The highest BCUT2D eigenvalue weighted by Crippen LogP contribution is 2.46. The molecule has 170 valence electrons. The van der Waals surface area contributed by atoms with Gasteiger partial charge in [-0.05, 0) is 31.3 Å². The fourth-order valence-corrected chi connectivity index (χ4v) is 6.29. The van der Waals surface area contributed by atoms with Crippen molar-refractivity contribution in [2.24, 2.45) is 7.05 Å². The first-order chi connectivity index (χ1) is 16.6. The molecule has 0 amide bonds. The van der Waals surface area contributed by atoms with E-state index in [1.165, 1.54) is 26.4 Å². The maximum atomic E-state index is 4.79. The highest BCUT2D eigenvalue weighted by atomic mass is 32.1. The van der Waals surface area contributed by atoms with Crippen LogP contribution in [0.2, 0.25) is 0 Å². The minimum absolute atomic E-state index is 0.914. The number of thiophene rings is 1. The number of hydrogen-bond acceptors (Lipinski definition) is 6. The van der Waals surface area contributed by atoms with Crippen LogP contribution in [0.25, 0.3) is 43.9 Å². The quantitative estimate of drug-likeness (QED) is 0.418. The second-order valence-corrected chi connectivity index (χ2v) is 10.4. The Labute approximate surface area is 201 Å². The van der Waals surface area contributed by atoms with E-state index >= 15 is 0 Å². The van der Waals surface area contributed by atoms with Crippen LogP contribution in [0.4, 0.5) is 5.82 Å². The normalized spacial score (nSPS) is 15.8. The smallest absolute Gasteiger partial charge is 0.128 e. The van der Waals surface area contributed by atoms with Crippen molar-refractivity contribution in [3.8, 4) is 33.0 Å². The van der Waals surface area contributed by atoms with Crippen molar-refractivity contribution >= 4 is 28.1 Å². The van der Waals surface area contributed by atoms with Crippen molar-refractivity contribution in [3.05, 3.63) is 59.2 Å². The Morgan fingerprint density at radius 1 is 0.941 bits per heavy atom. The monoisotopic (exact) mass is 467 g/mol. The van der Waals surface area contributed by atoms with Gasteiger partial charge in [0, 0.05) is 83.2 Å². The summed E-state index contributed by atoms with van der Waals surface area (Å²) < 4.78 is 1.91. The molecule has 0 saturated carbocycles. The topological polar surface area (TPSA) is 65.9 Å². The first kappa shape index (κ1) is 19.9. The minimum Gasteiger partial charge on any atom is -0.354 e. The summed E-state index contributed by atoms with van der Waals surface area (Å²) in [7, 11) is 4.16. The van der Waals surface area contributed by atoms with E-state index in [9.17, 15) is 0 Å². The predicted octanol–water partition coefficient (Wildman–Crippen LogP) is 4.41. The van der Waals surface area contributed by atoms with E-state index in [4.69, 9.17) is 10.1 Å². The summed E-state index contributed by atoms with van der Waals surface area (Å²) in [4.78, 5) is 12.2. The third-order valence-corrected chi connectivity index (χ3v) is 8.35. The molecule has 5 aromatic rings. The Bertz CT molecular complexity index is 1520. The Hall–Kier alpha value is -3.49. The first-order valence-electron chi connectivity index (χ1n) is 11.7. The molecule has 7 nitrogen and oxygen atoms in total. The zero-order valence-corrected chi connectivity index (χ0v) is 20.1. The molecule has 1 aliphatic heterocycles. The first-order valence-corrected chi connectivity index (χ1v) is 12.5. The number of rotatable bonds is 3. The number of nitrogens with one attached hydrogen (secondary N) is 1. The predicted molar refractivity (Wildman–Crippen MR) is 137 cm³/mol. The average Bonchev–Trinajstić information content (AvgIpc) is 3.61. The molecular weight excluding hydrogens is 442 g/mol. The van der Waals surface area contributed by atoms with Crippen LogP contribution < -0.4 is 4.90 Å². The number of pyridine rings is 1. The van der Waals surface area contributed by atoms with Gasteiger partial charge in [-0.1, -0.05) is 12.1 Å². The molecule has 0 bridgehead atoms. The van der Waals surface area contributed by atoms with Gasteiger partial charge >= 0.3 is 0 Å². The van der Waals surface area contributed by atoms with Gasteiger partial charge in [0.15, 0.2) is 0 Å². The molecule has 0 atom stereocenters. The molecule has 1 aliphatic carbocycles. The molecule has 0 radical (unpaired) electrons. The van der Waals surface area contributed by atoms with Crippen molar-refractivity contribution < 1.29 is 0 Å². The lowest BCUT2D eigenvalue weighted by Crippen LogP contribution is -2.44. The zero-order chi connectivity index (χ0) is 22.8. The van der Waals surface area contributed by atoms with Crippen LogP contribution in [-0.4, -0.2) is 63.1 Å². The van der Waals surface area contributed by atoms with Crippen molar-refractivity contribution in [1.82, 2.24) is 29.9 Å². The van der Waals surface area contributed by atoms with Gasteiger partial charge < -0.3 is 9.80 Å². The highest BCUT2D eigenvalue weighted by molar-refractivity contribution is 7.16. The molecule has 0 spiro atoms. The molecule has 7 rings (SSSR count). The number of benzene rings is 1. The number of aryl methyl sites for hydroxylation is 1. The summed E-state index contributed by atoms with van der Waals surface area (Å²) in [6.07, 6.45) is 4.84. The standard InChI is InChI=1S/C26H25N7S/c1-31-7-9-33(10-8-31)24-6-5-18(14-27-24)22-12-19-23(34-22)13-20-25(29-30-26(19)20)16-3-4-17-15-28-32(2)21(17)11-16/h3-6,11-12,14-15H,7-10,13H2,1-2H3,(H,29,30). The lowest BCUT2D eigenvalue weighted by atomic mass is 10.0. The number of likely N-dealkylation sites (N-methyl/N-ethyl adjacent to an activating group) is 1. The van der Waals surface area contributed by atoms with Crippen molar-refractivity contribution in [1.29, 1.82) is 0 Å². The van der Waals surface area contributed by atoms with Gasteiger partial charge in [0.25, 0.3) is 0 Å². The fourth-order valence-electron chi connectivity index (χ4n) is 5.12. The van der Waals surface area contributed by atoms with Gasteiger partial charge in [0.2, 0.25) is 0 Å². The summed E-state index contributed by atoms with van der Waals surface area (Å²) in [5.74, 6) is 1.08. The van der Waals surface area contributed by atoms with Gasteiger partial charge in [-0.25, -0.2) is 4.98 Å². The molecular formula is C26H25N7S. The summed E-state index contributed by atoms with van der Waals surface area (Å²) >= 11 is 1.87. The minimum atomic E-state index is 0.914. The molecule has 5 heterocycles. The Balaban J connectivity index is 1.17. The summed E-state index contributed by atoms with van der Waals surface area (Å²) in [5, 5.41) is 13.5. The van der Waals surface area contributed by atoms with Gasteiger partial charge in [-0.15, -0.1) is 11.3 Å². The van der Waals surface area contributed by atoms with Gasteiger partial charge in [-0.2, -0.15) is 10.2 Å². The number of hydrogen-bond donors (Lipinski definition) is 1. The third kappa shape index (κ3) is 3.09. The second-order valence-electron chi connectivity index (χ2n) is 9.29. The zero-order valence-electron chi connectivity index (χ0n) is 19.2. The Morgan fingerprint density at radius 3 is 2.62 bits per heavy atom. The lowest BCUT2D eigenvalue weighted by molar-refractivity contribution is 0.312. The van der Waals surface area contributed by atoms with E-state index in [-0.39, 0.29) is 0 Å². The molecule has 1 aromatic carbocycles. The van der Waals surface area contributed by atoms with Crippen molar-refractivity contribution in [3.63, 3.8) is 0 Å². The highest BCUT2D eigenvalue weighted by Gasteiger charge is 2.28. The van der Waals surface area contributed by atoms with Crippen LogP contribution in [0.1, 0.15) is 10.4 Å². The number of aromatic nitrogens is 5. The van der Waals surface area contributed by atoms with Gasteiger partial charge in [0.05, 0.1) is 23.1 Å². The number of aromatic amines is 1. The van der Waals surface area contributed by atoms with Gasteiger partial charge in [0.1, 0.15) is 5.82 Å². The fraction of sp³-hybridized carbons (Fsp3) is 0.269. The summed E-state index contributed by atoms with van der Waals surface area (Å²) in [6, 6.07) is 13.1. The summed E-state index contributed by atoms with van der Waals surface area (Å²) in [5.41, 5.74) is 8.20. The lowest BCUT2D eigenvalue weighted by Gasteiger charge is -2.33. The number of nitrogens with zero attached hydrogens (tertiary/aromatic N) is 6. The van der Waals surface area contributed by atoms with E-state index in [0.717, 1.165) is 66.3 Å². The number of H-pyrrole nitrogens is 1. The maximum absolute atomic E-state index is 4.79. The van der Waals surface area contributed by atoms with Crippen molar-refractivity contribution in [2.45, 2.75) is 6.42 Å².